The molecule has 0 aliphatic heterocycles. The monoisotopic (exact) mass is 193 g/mol. The molecule has 1 aromatic heterocycles. The second-order valence-electron chi connectivity index (χ2n) is 2.90. The largest absolute Gasteiger partial charge is 0.345 e. The van der Waals surface area contributed by atoms with Crippen molar-refractivity contribution >= 4 is 0 Å². The number of nitrogens with one attached hydrogen (secondary N) is 1. The first kappa shape index (κ1) is 9.05. The van der Waals surface area contributed by atoms with Gasteiger partial charge in [0.2, 0.25) is 0 Å². The standard InChI is InChI=1S/C12H7N3/c13-7-1-2-10-3-5-11(6-4-10)12-8-14-9-15-12/h3-6,8-9H,(H,14,15). The number of H-pyrrole nitrogens is 1. The number of rotatable bonds is 1. The van der Waals surface area contributed by atoms with Gasteiger partial charge in [0.1, 0.15) is 0 Å². The highest BCUT2D eigenvalue weighted by Gasteiger charge is 1.97. The zero-order chi connectivity index (χ0) is 10.5. The summed E-state index contributed by atoms with van der Waals surface area (Å²) in [7, 11) is 0. The minimum absolute atomic E-state index is 0.833. The molecule has 2 rings (SSSR count). The van der Waals surface area contributed by atoms with Crippen LogP contribution < -0.4 is 0 Å². The van der Waals surface area contributed by atoms with Crippen LogP contribution in [0, 0.1) is 23.2 Å². The van der Waals surface area contributed by atoms with Crippen molar-refractivity contribution in [1.29, 1.82) is 5.26 Å². The third kappa shape index (κ3) is 2.04. The molecule has 0 radical (unpaired) electrons. The van der Waals surface area contributed by atoms with Crippen molar-refractivity contribution in [3.63, 3.8) is 0 Å². The number of aromatic amines is 1. The molecular formula is C12H7N3. The number of aromatic nitrogens is 2. The van der Waals surface area contributed by atoms with Crippen molar-refractivity contribution < 1.29 is 0 Å². The Hall–Kier alpha value is -2.52. The summed E-state index contributed by atoms with van der Waals surface area (Å²) in [6.45, 7) is 0. The van der Waals surface area contributed by atoms with Gasteiger partial charge >= 0.3 is 0 Å². The molecule has 0 saturated heterocycles. The van der Waals surface area contributed by atoms with Gasteiger partial charge in [-0.3, -0.25) is 0 Å². The minimum Gasteiger partial charge on any atom is -0.345 e. The lowest BCUT2D eigenvalue weighted by molar-refractivity contribution is 1.31. The third-order valence-electron chi connectivity index (χ3n) is 1.96. The Balaban J connectivity index is 2.30. The molecule has 1 N–H and O–H groups in total. The van der Waals surface area contributed by atoms with E-state index in [-0.39, 0.29) is 0 Å². The summed E-state index contributed by atoms with van der Waals surface area (Å²) in [6.07, 6.45) is 3.40. The van der Waals surface area contributed by atoms with Crippen LogP contribution in [-0.4, -0.2) is 9.97 Å². The van der Waals surface area contributed by atoms with Gasteiger partial charge in [0, 0.05) is 11.5 Å². The number of hydrogen-bond donors (Lipinski definition) is 1. The van der Waals surface area contributed by atoms with Crippen LogP contribution >= 0.6 is 0 Å². The highest BCUT2D eigenvalue weighted by molar-refractivity contribution is 5.59. The molecule has 2 aromatic rings. The van der Waals surface area contributed by atoms with Crippen LogP contribution in [0.15, 0.2) is 36.8 Å². The van der Waals surface area contributed by atoms with Crippen molar-refractivity contribution in [1.82, 2.24) is 9.97 Å². The van der Waals surface area contributed by atoms with E-state index in [1.54, 1.807) is 18.6 Å². The number of benzene rings is 1. The number of hydrogen-bond acceptors (Lipinski definition) is 2. The predicted octanol–water partition coefficient (Wildman–Crippen LogP) is 1.95. The van der Waals surface area contributed by atoms with Gasteiger partial charge in [-0.15, -0.1) is 0 Å². The average molecular weight is 193 g/mol. The van der Waals surface area contributed by atoms with Gasteiger partial charge in [-0.1, -0.05) is 18.1 Å². The summed E-state index contributed by atoms with van der Waals surface area (Å²) in [5, 5.41) is 8.30. The van der Waals surface area contributed by atoms with Gasteiger partial charge in [-0.05, 0) is 17.7 Å². The maximum Gasteiger partial charge on any atom is 0.152 e. The Morgan fingerprint density at radius 1 is 1.20 bits per heavy atom. The van der Waals surface area contributed by atoms with Gasteiger partial charge in [0.15, 0.2) is 6.07 Å². The van der Waals surface area contributed by atoms with E-state index < -0.39 is 0 Å². The van der Waals surface area contributed by atoms with E-state index in [0.717, 1.165) is 16.8 Å². The lowest BCUT2D eigenvalue weighted by atomic mass is 10.1. The van der Waals surface area contributed by atoms with Crippen LogP contribution in [0.5, 0.6) is 0 Å². The first-order valence-corrected chi connectivity index (χ1v) is 4.39. The first-order valence-electron chi connectivity index (χ1n) is 4.39. The van der Waals surface area contributed by atoms with Crippen LogP contribution in [0.3, 0.4) is 0 Å². The zero-order valence-corrected chi connectivity index (χ0v) is 7.86. The van der Waals surface area contributed by atoms with Gasteiger partial charge < -0.3 is 4.98 Å². The summed E-state index contributed by atoms with van der Waals surface area (Å²) >= 11 is 0. The molecule has 15 heavy (non-hydrogen) atoms. The van der Waals surface area contributed by atoms with Crippen LogP contribution in [0.25, 0.3) is 11.3 Å². The molecule has 0 aliphatic rings. The second-order valence-corrected chi connectivity index (χ2v) is 2.90. The van der Waals surface area contributed by atoms with Gasteiger partial charge in [0.05, 0.1) is 18.2 Å². The normalized spacial score (nSPS) is 8.73. The Morgan fingerprint density at radius 3 is 2.60 bits per heavy atom. The molecule has 0 amide bonds. The molecule has 0 unspecified atom stereocenters. The maximum absolute atomic E-state index is 8.30. The Morgan fingerprint density at radius 2 is 2.00 bits per heavy atom. The quantitative estimate of drug-likeness (QED) is 0.704. The molecule has 70 valence electrons. The number of imidazole rings is 1. The fraction of sp³-hybridized carbons (Fsp3) is 0. The summed E-state index contributed by atoms with van der Waals surface area (Å²) in [6, 6.07) is 9.41. The summed E-state index contributed by atoms with van der Waals surface area (Å²) in [5.74, 6) is 5.08. The van der Waals surface area contributed by atoms with E-state index in [1.807, 2.05) is 24.3 Å². The van der Waals surface area contributed by atoms with E-state index in [9.17, 15) is 0 Å². The van der Waals surface area contributed by atoms with Crippen molar-refractivity contribution in [2.75, 3.05) is 0 Å². The van der Waals surface area contributed by atoms with Crippen LogP contribution in [0.1, 0.15) is 5.56 Å². The van der Waals surface area contributed by atoms with E-state index in [0.29, 0.717) is 0 Å². The lowest BCUT2D eigenvalue weighted by Gasteiger charge is -1.96. The molecule has 3 nitrogen and oxygen atoms in total. The lowest BCUT2D eigenvalue weighted by Crippen LogP contribution is -1.78. The summed E-state index contributed by atoms with van der Waals surface area (Å²) in [4.78, 5) is 6.96. The molecule has 1 aromatic carbocycles. The third-order valence-corrected chi connectivity index (χ3v) is 1.96. The summed E-state index contributed by atoms with van der Waals surface area (Å²) < 4.78 is 0. The van der Waals surface area contributed by atoms with E-state index >= 15 is 0 Å². The van der Waals surface area contributed by atoms with Gasteiger partial charge in [-0.25, -0.2) is 4.98 Å². The fourth-order valence-electron chi connectivity index (χ4n) is 1.25. The summed E-state index contributed by atoms with van der Waals surface area (Å²) in [5.41, 5.74) is 2.85. The van der Waals surface area contributed by atoms with Crippen molar-refractivity contribution in [2.24, 2.45) is 0 Å². The molecule has 0 fully saturated rings. The molecule has 0 bridgehead atoms. The molecule has 0 atom stereocenters. The minimum atomic E-state index is 0.833. The number of nitriles is 1. The Bertz CT molecular complexity index is 533. The zero-order valence-electron chi connectivity index (χ0n) is 7.86. The van der Waals surface area contributed by atoms with Crippen LogP contribution in [-0.2, 0) is 0 Å². The molecule has 3 heteroatoms. The van der Waals surface area contributed by atoms with E-state index in [4.69, 9.17) is 5.26 Å². The SMILES string of the molecule is N#CC#Cc1ccc(-c2cnc[nH]2)cc1. The molecule has 0 spiro atoms. The van der Waals surface area contributed by atoms with Crippen molar-refractivity contribution in [3.05, 3.63) is 42.4 Å². The molecule has 0 aliphatic carbocycles. The van der Waals surface area contributed by atoms with Crippen LogP contribution in [0.4, 0.5) is 0 Å². The Labute approximate surface area is 87.4 Å². The van der Waals surface area contributed by atoms with Gasteiger partial charge in [0.25, 0.3) is 0 Å². The second kappa shape index (κ2) is 4.13. The van der Waals surface area contributed by atoms with Crippen LogP contribution in [0.2, 0.25) is 0 Å². The maximum atomic E-state index is 8.30. The molecule has 1 heterocycles. The smallest absolute Gasteiger partial charge is 0.152 e. The van der Waals surface area contributed by atoms with Crippen molar-refractivity contribution in [3.8, 4) is 29.2 Å². The Kier molecular flexibility index (Phi) is 2.49. The first-order chi connectivity index (χ1) is 7.40. The van der Waals surface area contributed by atoms with E-state index in [2.05, 4.69) is 21.8 Å². The predicted molar refractivity (Wildman–Crippen MR) is 56.5 cm³/mol. The van der Waals surface area contributed by atoms with Crippen molar-refractivity contribution in [2.45, 2.75) is 0 Å². The van der Waals surface area contributed by atoms with E-state index in [1.165, 1.54) is 0 Å². The van der Waals surface area contributed by atoms with Gasteiger partial charge in [-0.2, -0.15) is 5.26 Å². The highest BCUT2D eigenvalue weighted by Crippen LogP contribution is 2.15. The highest BCUT2D eigenvalue weighted by atomic mass is 14.9. The molecular weight excluding hydrogens is 186 g/mol. The molecule has 0 saturated carbocycles. The topological polar surface area (TPSA) is 52.5 Å². The fourth-order valence-corrected chi connectivity index (χ4v) is 1.25. The average Bonchev–Trinajstić information content (AvgIpc) is 2.80. The number of nitrogens with zero attached hydrogens (tertiary/aromatic N) is 2.